The second-order valence-corrected chi connectivity index (χ2v) is 10.3. The number of nitrogens with two attached hydrogens (primary N) is 2. The number of aromatic nitrogens is 2. The summed E-state index contributed by atoms with van der Waals surface area (Å²) >= 11 is 0. The number of benzene rings is 1. The smallest absolute Gasteiger partial charge is 0.230 e. The molecule has 2 fully saturated rings. The molecule has 1 amide bonds. The lowest BCUT2D eigenvalue weighted by molar-refractivity contribution is -0.190. The Morgan fingerprint density at radius 1 is 1.16 bits per heavy atom. The third kappa shape index (κ3) is 3.32. The van der Waals surface area contributed by atoms with Crippen LogP contribution in [0.5, 0.6) is 5.75 Å². The van der Waals surface area contributed by atoms with Crippen molar-refractivity contribution in [1.82, 2.24) is 14.9 Å². The summed E-state index contributed by atoms with van der Waals surface area (Å²) < 4.78 is 0. The molecule has 0 bridgehead atoms. The van der Waals surface area contributed by atoms with Crippen molar-refractivity contribution in [1.29, 1.82) is 0 Å². The van der Waals surface area contributed by atoms with Crippen LogP contribution in [0, 0.1) is 23.7 Å². The molecular weight excluding hydrogens is 482 g/mol. The van der Waals surface area contributed by atoms with E-state index in [1.165, 1.54) is 23.4 Å². The van der Waals surface area contributed by atoms with Gasteiger partial charge >= 0.3 is 0 Å². The zero-order chi connectivity index (χ0) is 27.0. The molecule has 1 heterocycles. The number of primary amides is 1. The van der Waals surface area contributed by atoms with E-state index in [9.17, 15) is 34.5 Å². The molecular formula is C25H27N5O7. The number of hydrogen-bond acceptors (Lipinski definition) is 11. The highest BCUT2D eigenvalue weighted by Gasteiger charge is 2.69. The van der Waals surface area contributed by atoms with Crippen LogP contribution < -0.4 is 11.5 Å². The number of amides is 1. The van der Waals surface area contributed by atoms with Gasteiger partial charge in [0, 0.05) is 29.9 Å². The maximum absolute atomic E-state index is 13.9. The quantitative estimate of drug-likeness (QED) is 0.186. The number of carbonyl (C=O) groups excluding carboxylic acids is 4. The first-order chi connectivity index (χ1) is 17.4. The highest BCUT2D eigenvalue weighted by atomic mass is 16.3. The van der Waals surface area contributed by atoms with Gasteiger partial charge in [0.05, 0.1) is 23.3 Å². The summed E-state index contributed by atoms with van der Waals surface area (Å²) in [6.45, 7) is 0. The molecule has 0 saturated heterocycles. The van der Waals surface area contributed by atoms with Crippen molar-refractivity contribution in [3.8, 4) is 17.1 Å². The summed E-state index contributed by atoms with van der Waals surface area (Å²) in [5.41, 5.74) is 9.17. The minimum absolute atomic E-state index is 0.00937. The van der Waals surface area contributed by atoms with Crippen molar-refractivity contribution in [2.24, 2.45) is 29.4 Å². The van der Waals surface area contributed by atoms with E-state index in [1.54, 1.807) is 20.2 Å². The maximum Gasteiger partial charge on any atom is 0.230 e. The topological polar surface area (TPSA) is 210 Å². The van der Waals surface area contributed by atoms with Crippen molar-refractivity contribution in [3.05, 3.63) is 35.7 Å². The van der Waals surface area contributed by atoms with Crippen molar-refractivity contribution in [2.45, 2.75) is 30.6 Å². The Kier molecular flexibility index (Phi) is 5.66. The van der Waals surface area contributed by atoms with E-state index in [-0.39, 0.29) is 29.9 Å². The minimum atomic E-state index is -2.72. The molecule has 1 aromatic heterocycles. The molecule has 1 aromatic carbocycles. The second-order valence-electron chi connectivity index (χ2n) is 10.3. The van der Waals surface area contributed by atoms with Gasteiger partial charge in [-0.1, -0.05) is 0 Å². The standard InChI is InChI=1S/C25H27N5O7/c1-30(2)17-12-7-9-6-10-11(24-28-4-3-5-29-24)8-13(26)18(31)15(10)19(32)14(9)21(34)25(12,37)22(35)16(20(17)33)23(27)36/h3-5,8-9,12,14,16-17,20,31,33,37H,6-7,26H2,1-2H3,(H2,27,36)/t9-,12-,14?,16?,17-,20?,25-/m1/s1. The number of anilines is 1. The van der Waals surface area contributed by atoms with Gasteiger partial charge in [-0.05, 0) is 50.6 Å². The number of nitrogens with zero attached hydrogens (tertiary/aromatic N) is 3. The van der Waals surface area contributed by atoms with E-state index in [2.05, 4.69) is 9.97 Å². The van der Waals surface area contributed by atoms with Gasteiger partial charge in [0.25, 0.3) is 0 Å². The van der Waals surface area contributed by atoms with Crippen LogP contribution in [0.2, 0.25) is 0 Å². The first kappa shape index (κ1) is 24.9. The maximum atomic E-state index is 13.9. The van der Waals surface area contributed by atoms with Crippen LogP contribution in [0.25, 0.3) is 11.4 Å². The minimum Gasteiger partial charge on any atom is -0.505 e. The SMILES string of the molecule is CN(C)[C@H]1C(O)C(C(N)=O)C(=O)[C@]2(O)C(=O)C3C(=O)c4c(O)c(N)cc(-c5ncccn5)c4C[C@@H]3C[C@H]12. The van der Waals surface area contributed by atoms with Gasteiger partial charge in [0.1, 0.15) is 11.7 Å². The van der Waals surface area contributed by atoms with Gasteiger partial charge in [0.2, 0.25) is 5.91 Å². The number of hydrogen-bond donors (Lipinski definition) is 5. The van der Waals surface area contributed by atoms with Crippen LogP contribution >= 0.6 is 0 Å². The van der Waals surface area contributed by atoms with E-state index in [1.807, 2.05) is 0 Å². The second kappa shape index (κ2) is 8.40. The predicted octanol–water partition coefficient (Wildman–Crippen LogP) is -1.30. The molecule has 7 atom stereocenters. The predicted molar refractivity (Wildman–Crippen MR) is 128 cm³/mol. The summed E-state index contributed by atoms with van der Waals surface area (Å²) in [5, 5.41) is 33.3. The van der Waals surface area contributed by atoms with Crippen LogP contribution in [0.4, 0.5) is 5.69 Å². The van der Waals surface area contributed by atoms with Crippen LogP contribution in [-0.4, -0.2) is 85.3 Å². The van der Waals surface area contributed by atoms with Gasteiger partial charge in [-0.25, -0.2) is 9.97 Å². The number of fused-ring (bicyclic) bond motifs is 3. The van der Waals surface area contributed by atoms with Gasteiger partial charge in [-0.3, -0.25) is 19.2 Å². The Morgan fingerprint density at radius 2 is 1.81 bits per heavy atom. The Bertz CT molecular complexity index is 1350. The van der Waals surface area contributed by atoms with Crippen molar-refractivity contribution in [3.63, 3.8) is 0 Å². The Balaban J connectivity index is 1.68. The molecule has 37 heavy (non-hydrogen) atoms. The number of carbonyl (C=O) groups is 4. The Hall–Kier alpha value is -3.74. The first-order valence-corrected chi connectivity index (χ1v) is 11.8. The third-order valence-corrected chi connectivity index (χ3v) is 8.13. The normalized spacial score (nSPS) is 33.1. The zero-order valence-corrected chi connectivity index (χ0v) is 20.2. The first-order valence-electron chi connectivity index (χ1n) is 11.8. The lowest BCUT2D eigenvalue weighted by atomic mass is 9.52. The van der Waals surface area contributed by atoms with E-state index >= 15 is 0 Å². The molecule has 7 N–H and O–H groups in total. The number of ketones is 3. The number of likely N-dealkylation sites (N-methyl/N-ethyl adjacent to an activating group) is 1. The number of Topliss-reactive ketones (excluding diaryl/α,β-unsaturated/α-hetero) is 3. The van der Waals surface area contributed by atoms with Crippen molar-refractivity contribution >= 4 is 28.9 Å². The van der Waals surface area contributed by atoms with Gasteiger partial charge in [-0.15, -0.1) is 0 Å². The van der Waals surface area contributed by atoms with E-state index in [0.29, 0.717) is 11.1 Å². The molecule has 0 spiro atoms. The number of aromatic hydroxyl groups is 1. The molecule has 2 aromatic rings. The summed E-state index contributed by atoms with van der Waals surface area (Å²) in [4.78, 5) is 63.1. The molecule has 194 valence electrons. The number of phenols is 1. The third-order valence-electron chi connectivity index (χ3n) is 8.13. The number of aliphatic hydroxyl groups excluding tert-OH is 1. The lowest BCUT2D eigenvalue weighted by Gasteiger charge is -2.54. The van der Waals surface area contributed by atoms with Gasteiger partial charge in [0.15, 0.2) is 28.8 Å². The molecule has 2 saturated carbocycles. The number of phenolic OH excluding ortho intramolecular Hbond substituents is 1. The largest absolute Gasteiger partial charge is 0.505 e. The van der Waals surface area contributed by atoms with Crippen LogP contribution in [0.1, 0.15) is 22.3 Å². The average molecular weight is 510 g/mol. The van der Waals surface area contributed by atoms with Gasteiger partial charge < -0.3 is 31.7 Å². The summed E-state index contributed by atoms with van der Waals surface area (Å²) in [5.74, 6) is -9.57. The number of aliphatic hydroxyl groups is 2. The van der Waals surface area contributed by atoms with Crippen LogP contribution in [-0.2, 0) is 20.8 Å². The lowest BCUT2D eigenvalue weighted by Crippen LogP contribution is -2.75. The van der Waals surface area contributed by atoms with Gasteiger partial charge in [-0.2, -0.15) is 0 Å². The van der Waals surface area contributed by atoms with Crippen molar-refractivity contribution < 1.29 is 34.5 Å². The fourth-order valence-electron chi connectivity index (χ4n) is 6.55. The monoisotopic (exact) mass is 509 g/mol. The fraction of sp³-hybridized carbons (Fsp3) is 0.440. The molecule has 0 aliphatic heterocycles. The average Bonchev–Trinajstić information content (AvgIpc) is 2.83. The molecule has 3 unspecified atom stereocenters. The molecule has 5 rings (SSSR count). The summed E-state index contributed by atoms with van der Waals surface area (Å²) in [7, 11) is 3.18. The highest BCUT2D eigenvalue weighted by molar-refractivity contribution is 6.26. The number of nitrogen functional groups attached to an aromatic ring is 1. The molecule has 0 radical (unpaired) electrons. The summed E-state index contributed by atoms with van der Waals surface area (Å²) in [6, 6.07) is 2.11. The summed E-state index contributed by atoms with van der Waals surface area (Å²) in [6.07, 6.45) is 1.60. The van der Waals surface area contributed by atoms with Crippen LogP contribution in [0.15, 0.2) is 24.5 Å². The fourth-order valence-corrected chi connectivity index (χ4v) is 6.55. The molecule has 12 heteroatoms. The Morgan fingerprint density at radius 3 is 2.41 bits per heavy atom. The van der Waals surface area contributed by atoms with E-state index < -0.39 is 70.4 Å². The van der Waals surface area contributed by atoms with Crippen molar-refractivity contribution in [2.75, 3.05) is 19.8 Å². The molecule has 3 aliphatic rings. The van der Waals surface area contributed by atoms with E-state index in [4.69, 9.17) is 11.5 Å². The van der Waals surface area contributed by atoms with E-state index in [0.717, 1.165) is 0 Å². The highest BCUT2D eigenvalue weighted by Crippen LogP contribution is 2.52. The molecule has 3 aliphatic carbocycles. The zero-order valence-electron chi connectivity index (χ0n) is 20.2. The number of rotatable bonds is 3. The molecule has 12 nitrogen and oxygen atoms in total. The van der Waals surface area contributed by atoms with Crippen LogP contribution in [0.3, 0.4) is 0 Å². The Labute approximate surface area is 211 Å².